The van der Waals surface area contributed by atoms with E-state index >= 15 is 0 Å². The minimum absolute atomic E-state index is 0.0153. The summed E-state index contributed by atoms with van der Waals surface area (Å²) in [5.41, 5.74) is 2.90. The predicted molar refractivity (Wildman–Crippen MR) is 117 cm³/mol. The summed E-state index contributed by atoms with van der Waals surface area (Å²) in [6.07, 6.45) is 1.82. The van der Waals surface area contributed by atoms with Crippen LogP contribution < -0.4 is 20.7 Å². The van der Waals surface area contributed by atoms with E-state index in [0.29, 0.717) is 36.6 Å². The second kappa shape index (κ2) is 9.07. The summed E-state index contributed by atoms with van der Waals surface area (Å²) in [7, 11) is 0. The van der Waals surface area contributed by atoms with Crippen LogP contribution in [0.4, 0.5) is 16.2 Å². The Morgan fingerprint density at radius 3 is 2.81 bits per heavy atom. The molecule has 1 atom stereocenters. The highest BCUT2D eigenvalue weighted by Crippen LogP contribution is 2.29. The van der Waals surface area contributed by atoms with Gasteiger partial charge in [-0.3, -0.25) is 9.59 Å². The molecule has 0 aromatic heterocycles. The molecule has 2 aliphatic rings. The maximum Gasteiger partial charge on any atom is 0.319 e. The summed E-state index contributed by atoms with van der Waals surface area (Å²) in [6.45, 7) is 3.72. The van der Waals surface area contributed by atoms with E-state index in [-0.39, 0.29) is 30.4 Å². The monoisotopic (exact) mass is 422 g/mol. The number of piperidine rings is 1. The predicted octanol–water partition coefficient (Wildman–Crippen LogP) is 3.00. The summed E-state index contributed by atoms with van der Waals surface area (Å²) >= 11 is 0. The summed E-state index contributed by atoms with van der Waals surface area (Å²) in [4.78, 5) is 38.5. The summed E-state index contributed by atoms with van der Waals surface area (Å²) in [5.74, 6) is 0.431. The number of nitrogens with zero attached hydrogens (tertiary/aromatic N) is 1. The van der Waals surface area contributed by atoms with Gasteiger partial charge in [-0.25, -0.2) is 4.79 Å². The second-order valence-corrected chi connectivity index (χ2v) is 8.01. The molecule has 3 N–H and O–H groups in total. The molecule has 0 aliphatic carbocycles. The third kappa shape index (κ3) is 5.14. The number of urea groups is 1. The molecule has 1 unspecified atom stereocenters. The Hall–Kier alpha value is -3.55. The van der Waals surface area contributed by atoms with E-state index in [1.165, 1.54) is 0 Å². The number of aryl methyl sites for hydroxylation is 1. The molecular weight excluding hydrogens is 396 g/mol. The van der Waals surface area contributed by atoms with Crippen LogP contribution in [0.3, 0.4) is 0 Å². The third-order valence-electron chi connectivity index (χ3n) is 5.53. The molecule has 2 aromatic carbocycles. The van der Waals surface area contributed by atoms with E-state index in [4.69, 9.17) is 4.74 Å². The topological polar surface area (TPSA) is 99.8 Å². The Bertz CT molecular complexity index is 990. The highest BCUT2D eigenvalue weighted by molar-refractivity contribution is 6.00. The normalized spacial score (nSPS) is 17.8. The molecule has 0 saturated carbocycles. The highest BCUT2D eigenvalue weighted by atomic mass is 16.5. The summed E-state index contributed by atoms with van der Waals surface area (Å²) in [5, 5.41) is 8.47. The van der Waals surface area contributed by atoms with Crippen molar-refractivity contribution in [2.45, 2.75) is 19.8 Å². The fourth-order valence-corrected chi connectivity index (χ4v) is 3.86. The minimum Gasteiger partial charge on any atom is -0.482 e. The maximum absolute atomic E-state index is 13.0. The van der Waals surface area contributed by atoms with Gasteiger partial charge in [0.15, 0.2) is 6.61 Å². The van der Waals surface area contributed by atoms with Crippen LogP contribution in [-0.4, -0.2) is 49.0 Å². The van der Waals surface area contributed by atoms with Crippen molar-refractivity contribution in [3.05, 3.63) is 53.6 Å². The smallest absolute Gasteiger partial charge is 0.319 e. The standard InChI is InChI=1S/C23H26N4O4/c1-15-4-7-18(8-5-15)25-23(30)24-12-16-3-2-10-27(13-16)22(29)17-6-9-20-19(11-17)26-21(28)14-31-20/h4-9,11,16H,2-3,10,12-14H2,1H3,(H,26,28)(H2,24,25,30). The van der Waals surface area contributed by atoms with Gasteiger partial charge in [-0.1, -0.05) is 17.7 Å². The number of fused-ring (bicyclic) bond motifs is 1. The zero-order chi connectivity index (χ0) is 21.8. The number of hydrogen-bond donors (Lipinski definition) is 3. The van der Waals surface area contributed by atoms with Crippen molar-refractivity contribution in [1.29, 1.82) is 0 Å². The Kier molecular flexibility index (Phi) is 6.06. The molecule has 0 radical (unpaired) electrons. The lowest BCUT2D eigenvalue weighted by Gasteiger charge is -2.33. The second-order valence-electron chi connectivity index (χ2n) is 8.01. The largest absolute Gasteiger partial charge is 0.482 e. The lowest BCUT2D eigenvalue weighted by molar-refractivity contribution is -0.118. The molecule has 4 amide bonds. The molecule has 162 valence electrons. The van der Waals surface area contributed by atoms with Crippen LogP contribution in [0.2, 0.25) is 0 Å². The lowest BCUT2D eigenvalue weighted by Crippen LogP contribution is -2.44. The van der Waals surface area contributed by atoms with E-state index < -0.39 is 0 Å². The fourth-order valence-electron chi connectivity index (χ4n) is 3.86. The summed E-state index contributed by atoms with van der Waals surface area (Å²) in [6, 6.07) is 12.4. The van der Waals surface area contributed by atoms with Gasteiger partial charge in [0.1, 0.15) is 5.75 Å². The van der Waals surface area contributed by atoms with Crippen LogP contribution >= 0.6 is 0 Å². The van der Waals surface area contributed by atoms with Crippen LogP contribution in [0.1, 0.15) is 28.8 Å². The van der Waals surface area contributed by atoms with Crippen LogP contribution in [0.15, 0.2) is 42.5 Å². The summed E-state index contributed by atoms with van der Waals surface area (Å²) < 4.78 is 5.35. The van der Waals surface area contributed by atoms with Gasteiger partial charge >= 0.3 is 6.03 Å². The Labute approximate surface area is 180 Å². The maximum atomic E-state index is 13.0. The first-order chi connectivity index (χ1) is 15.0. The number of carbonyl (C=O) groups is 3. The molecule has 1 fully saturated rings. The molecule has 2 heterocycles. The first kappa shape index (κ1) is 20.7. The van der Waals surface area contributed by atoms with Gasteiger partial charge in [0.25, 0.3) is 11.8 Å². The van der Waals surface area contributed by atoms with Crippen LogP contribution in [0.5, 0.6) is 5.75 Å². The Morgan fingerprint density at radius 1 is 1.19 bits per heavy atom. The van der Waals surface area contributed by atoms with Gasteiger partial charge < -0.3 is 25.6 Å². The molecule has 8 nitrogen and oxygen atoms in total. The zero-order valence-corrected chi connectivity index (χ0v) is 17.4. The van der Waals surface area contributed by atoms with E-state index in [1.54, 1.807) is 23.1 Å². The Morgan fingerprint density at radius 2 is 2.00 bits per heavy atom. The molecule has 4 rings (SSSR count). The third-order valence-corrected chi connectivity index (χ3v) is 5.53. The number of carbonyl (C=O) groups excluding carboxylic acids is 3. The first-order valence-corrected chi connectivity index (χ1v) is 10.5. The van der Waals surface area contributed by atoms with E-state index in [1.807, 2.05) is 31.2 Å². The number of rotatable bonds is 4. The van der Waals surface area contributed by atoms with Crippen LogP contribution in [-0.2, 0) is 4.79 Å². The molecule has 0 spiro atoms. The average Bonchev–Trinajstić information content (AvgIpc) is 2.78. The quantitative estimate of drug-likeness (QED) is 0.705. The van der Waals surface area contributed by atoms with Crippen LogP contribution in [0, 0.1) is 12.8 Å². The fraction of sp³-hybridized carbons (Fsp3) is 0.348. The van der Waals surface area contributed by atoms with E-state index in [2.05, 4.69) is 16.0 Å². The first-order valence-electron chi connectivity index (χ1n) is 10.5. The number of amides is 4. The van der Waals surface area contributed by atoms with Gasteiger partial charge in [-0.2, -0.15) is 0 Å². The van der Waals surface area contributed by atoms with Crippen LogP contribution in [0.25, 0.3) is 0 Å². The molecule has 0 bridgehead atoms. The lowest BCUT2D eigenvalue weighted by atomic mass is 9.97. The van der Waals surface area contributed by atoms with Crippen molar-refractivity contribution < 1.29 is 19.1 Å². The molecule has 2 aromatic rings. The van der Waals surface area contributed by atoms with E-state index in [9.17, 15) is 14.4 Å². The van der Waals surface area contributed by atoms with Crippen molar-refractivity contribution in [1.82, 2.24) is 10.2 Å². The highest BCUT2D eigenvalue weighted by Gasteiger charge is 2.26. The Balaban J connectivity index is 1.31. The zero-order valence-electron chi connectivity index (χ0n) is 17.4. The van der Waals surface area contributed by atoms with Crippen molar-refractivity contribution in [2.24, 2.45) is 5.92 Å². The molecule has 2 aliphatic heterocycles. The minimum atomic E-state index is -0.252. The molecular formula is C23H26N4O4. The van der Waals surface area contributed by atoms with Gasteiger partial charge in [0.05, 0.1) is 5.69 Å². The molecule has 31 heavy (non-hydrogen) atoms. The van der Waals surface area contributed by atoms with E-state index in [0.717, 1.165) is 24.1 Å². The number of benzene rings is 2. The van der Waals surface area contributed by atoms with Crippen molar-refractivity contribution >= 4 is 29.2 Å². The number of ether oxygens (including phenoxy) is 1. The number of anilines is 2. The number of likely N-dealkylation sites (tertiary alicyclic amines) is 1. The van der Waals surface area contributed by atoms with Crippen molar-refractivity contribution in [3.8, 4) is 5.75 Å². The molecule has 1 saturated heterocycles. The van der Waals surface area contributed by atoms with Gasteiger partial charge in [-0.05, 0) is 56.0 Å². The van der Waals surface area contributed by atoms with Gasteiger partial charge in [-0.15, -0.1) is 0 Å². The van der Waals surface area contributed by atoms with Crippen molar-refractivity contribution in [3.63, 3.8) is 0 Å². The van der Waals surface area contributed by atoms with Gasteiger partial charge in [0, 0.05) is 30.9 Å². The van der Waals surface area contributed by atoms with Crippen molar-refractivity contribution in [2.75, 3.05) is 36.9 Å². The number of hydrogen-bond acceptors (Lipinski definition) is 4. The SMILES string of the molecule is Cc1ccc(NC(=O)NCC2CCCN(C(=O)c3ccc4c(c3)NC(=O)CO4)C2)cc1. The average molecular weight is 422 g/mol. The van der Waals surface area contributed by atoms with Gasteiger partial charge in [0.2, 0.25) is 0 Å². The molecule has 8 heteroatoms. The number of nitrogens with one attached hydrogen (secondary N) is 3.